The molecule has 0 saturated heterocycles. The Kier molecular flexibility index (Phi) is 3.98. The third-order valence-corrected chi connectivity index (χ3v) is 8.92. The fourth-order valence-electron chi connectivity index (χ4n) is 7.73. The Balaban J connectivity index is 1.73. The van der Waals surface area contributed by atoms with E-state index >= 15 is 0 Å². The Hall–Kier alpha value is -1.14. The summed E-state index contributed by atoms with van der Waals surface area (Å²) in [7, 11) is 0. The summed E-state index contributed by atoms with van der Waals surface area (Å²) in [6.45, 7) is 2.08. The normalized spacial score (nSPS) is 53.3. The van der Waals surface area contributed by atoms with E-state index in [-0.39, 0.29) is 35.5 Å². The van der Waals surface area contributed by atoms with Crippen LogP contribution in [0.3, 0.4) is 0 Å². The molecule has 0 aromatic carbocycles. The van der Waals surface area contributed by atoms with E-state index in [9.17, 15) is 30.0 Å². The quantitative estimate of drug-likeness (QED) is 0.596. The van der Waals surface area contributed by atoms with Crippen molar-refractivity contribution in [2.75, 3.05) is 0 Å². The van der Waals surface area contributed by atoms with Crippen LogP contribution in [0.2, 0.25) is 0 Å². The Labute approximate surface area is 153 Å². The molecular formula is C20H30O6. The number of aliphatic hydroxyl groups excluding tert-OH is 1. The summed E-state index contributed by atoms with van der Waals surface area (Å²) in [6, 6.07) is 0. The van der Waals surface area contributed by atoms with Gasteiger partial charge in [0.1, 0.15) is 0 Å². The van der Waals surface area contributed by atoms with E-state index < -0.39 is 29.1 Å². The third-order valence-electron chi connectivity index (χ3n) is 8.92. The fourth-order valence-corrected chi connectivity index (χ4v) is 7.73. The van der Waals surface area contributed by atoms with Crippen LogP contribution >= 0.6 is 0 Å². The monoisotopic (exact) mass is 366 g/mol. The van der Waals surface area contributed by atoms with E-state index in [1.165, 1.54) is 0 Å². The van der Waals surface area contributed by atoms with E-state index in [1.54, 1.807) is 0 Å². The summed E-state index contributed by atoms with van der Waals surface area (Å²) in [5.74, 6) is -1.76. The number of hydrogen-bond acceptors (Lipinski definition) is 4. The Morgan fingerprint density at radius 1 is 0.923 bits per heavy atom. The zero-order valence-electron chi connectivity index (χ0n) is 15.4. The molecular weight excluding hydrogens is 336 g/mol. The van der Waals surface area contributed by atoms with Crippen LogP contribution in [0, 0.1) is 34.5 Å². The Bertz CT molecular complexity index is 634. The first-order chi connectivity index (χ1) is 12.2. The van der Waals surface area contributed by atoms with Gasteiger partial charge in [-0.1, -0.05) is 6.92 Å². The van der Waals surface area contributed by atoms with E-state index in [0.29, 0.717) is 38.5 Å². The topological polar surface area (TPSA) is 115 Å². The molecule has 0 spiro atoms. The van der Waals surface area contributed by atoms with Crippen molar-refractivity contribution in [3.8, 4) is 0 Å². The lowest BCUT2D eigenvalue weighted by Crippen LogP contribution is -2.67. The van der Waals surface area contributed by atoms with Gasteiger partial charge in [-0.15, -0.1) is 0 Å². The van der Waals surface area contributed by atoms with Gasteiger partial charge in [0.15, 0.2) is 0 Å². The van der Waals surface area contributed by atoms with Crippen LogP contribution in [0.25, 0.3) is 0 Å². The second-order valence-electron chi connectivity index (χ2n) is 9.63. The maximum atomic E-state index is 12.5. The minimum atomic E-state index is -1.35. The van der Waals surface area contributed by atoms with Crippen molar-refractivity contribution in [2.45, 2.75) is 76.4 Å². The average molecular weight is 366 g/mol. The van der Waals surface area contributed by atoms with Crippen LogP contribution in [-0.4, -0.2) is 44.1 Å². The number of carboxylic acids is 2. The SMILES string of the molecule is C[C@]12CC[C@H]3[C@@H](CC[C@@]4(O)C[C@@H](O)CC[C@]34C(=O)O)[C@@H]1CC[C@@H]2C(=O)O. The van der Waals surface area contributed by atoms with E-state index in [2.05, 4.69) is 6.92 Å². The minimum Gasteiger partial charge on any atom is -0.481 e. The van der Waals surface area contributed by atoms with Gasteiger partial charge < -0.3 is 20.4 Å². The first-order valence-electron chi connectivity index (χ1n) is 10.0. The summed E-state index contributed by atoms with van der Waals surface area (Å²) in [5, 5.41) is 41.3. The first kappa shape index (κ1) is 18.2. The molecule has 4 N–H and O–H groups in total. The molecule has 4 rings (SSSR count). The van der Waals surface area contributed by atoms with Crippen molar-refractivity contribution >= 4 is 11.9 Å². The molecule has 0 unspecified atom stereocenters. The standard InChI is InChI=1S/C20H30O6/c1-18-7-6-14-12(13(18)2-3-15(18)16(22)23)5-8-19(26)10-11(21)4-9-20(14,19)17(24)25/h11-15,21,26H,2-10H2,1H3,(H,22,23)(H,24,25)/t11-,12-,13-,14-,15+,18-,19+,20+/m0/s1. The molecule has 8 atom stereocenters. The molecule has 4 aliphatic rings. The van der Waals surface area contributed by atoms with Gasteiger partial charge in [0.25, 0.3) is 0 Å². The van der Waals surface area contributed by atoms with Crippen molar-refractivity contribution in [2.24, 2.45) is 34.5 Å². The second-order valence-corrected chi connectivity index (χ2v) is 9.63. The number of rotatable bonds is 2. The third kappa shape index (κ3) is 2.12. The number of aliphatic carboxylic acids is 2. The predicted octanol–water partition coefficient (Wildman–Crippen LogP) is 2.27. The largest absolute Gasteiger partial charge is 0.481 e. The lowest BCUT2D eigenvalue weighted by atomic mass is 9.42. The number of hydrogen-bond donors (Lipinski definition) is 4. The van der Waals surface area contributed by atoms with Crippen LogP contribution in [0.1, 0.15) is 64.7 Å². The molecule has 0 aromatic rings. The van der Waals surface area contributed by atoms with Gasteiger partial charge >= 0.3 is 11.9 Å². The van der Waals surface area contributed by atoms with Crippen LogP contribution in [0.4, 0.5) is 0 Å². The molecule has 4 saturated carbocycles. The number of fused-ring (bicyclic) bond motifs is 5. The summed E-state index contributed by atoms with van der Waals surface area (Å²) < 4.78 is 0. The molecule has 0 aliphatic heterocycles. The van der Waals surface area contributed by atoms with E-state index in [0.717, 1.165) is 12.8 Å². The van der Waals surface area contributed by atoms with Gasteiger partial charge in [0.2, 0.25) is 0 Å². The van der Waals surface area contributed by atoms with Crippen molar-refractivity contribution in [1.82, 2.24) is 0 Å². The summed E-state index contributed by atoms with van der Waals surface area (Å²) in [5.41, 5.74) is -2.82. The molecule has 0 heterocycles. The molecule has 4 fully saturated rings. The van der Waals surface area contributed by atoms with Crippen molar-refractivity contribution in [3.05, 3.63) is 0 Å². The highest BCUT2D eigenvalue weighted by molar-refractivity contribution is 5.78. The first-order valence-corrected chi connectivity index (χ1v) is 10.0. The Morgan fingerprint density at radius 2 is 1.65 bits per heavy atom. The van der Waals surface area contributed by atoms with Gasteiger partial charge in [0.05, 0.1) is 23.0 Å². The van der Waals surface area contributed by atoms with Gasteiger partial charge in [-0.2, -0.15) is 0 Å². The molecule has 26 heavy (non-hydrogen) atoms. The molecule has 6 nitrogen and oxygen atoms in total. The Morgan fingerprint density at radius 3 is 2.31 bits per heavy atom. The summed E-state index contributed by atoms with van der Waals surface area (Å²) in [4.78, 5) is 24.2. The zero-order valence-corrected chi connectivity index (χ0v) is 15.4. The zero-order chi connectivity index (χ0) is 18.9. The predicted molar refractivity (Wildman–Crippen MR) is 92.3 cm³/mol. The van der Waals surface area contributed by atoms with Crippen molar-refractivity contribution in [3.63, 3.8) is 0 Å². The number of carboxylic acid groups (broad SMARTS) is 2. The van der Waals surface area contributed by atoms with E-state index in [1.807, 2.05) is 0 Å². The molecule has 0 aromatic heterocycles. The molecule has 0 amide bonds. The van der Waals surface area contributed by atoms with Gasteiger partial charge in [-0.05, 0) is 74.5 Å². The minimum absolute atomic E-state index is 0.128. The van der Waals surface area contributed by atoms with Crippen molar-refractivity contribution < 1.29 is 30.0 Å². The van der Waals surface area contributed by atoms with E-state index in [4.69, 9.17) is 0 Å². The molecule has 146 valence electrons. The second kappa shape index (κ2) is 5.68. The highest BCUT2D eigenvalue weighted by atomic mass is 16.4. The highest BCUT2D eigenvalue weighted by Crippen LogP contribution is 2.68. The highest BCUT2D eigenvalue weighted by Gasteiger charge is 2.69. The lowest BCUT2D eigenvalue weighted by Gasteiger charge is -2.62. The van der Waals surface area contributed by atoms with Gasteiger partial charge in [-0.25, -0.2) is 0 Å². The molecule has 6 heteroatoms. The molecule has 4 aliphatic carbocycles. The molecule has 0 bridgehead atoms. The molecule has 0 radical (unpaired) electrons. The summed E-state index contributed by atoms with van der Waals surface area (Å²) >= 11 is 0. The van der Waals surface area contributed by atoms with Crippen LogP contribution < -0.4 is 0 Å². The van der Waals surface area contributed by atoms with Crippen LogP contribution in [0.15, 0.2) is 0 Å². The maximum absolute atomic E-state index is 12.5. The van der Waals surface area contributed by atoms with Crippen LogP contribution in [-0.2, 0) is 9.59 Å². The van der Waals surface area contributed by atoms with Crippen molar-refractivity contribution in [1.29, 1.82) is 0 Å². The van der Waals surface area contributed by atoms with Crippen LogP contribution in [0.5, 0.6) is 0 Å². The summed E-state index contributed by atoms with van der Waals surface area (Å²) in [6.07, 6.45) is 4.23. The average Bonchev–Trinajstić information content (AvgIpc) is 2.91. The van der Waals surface area contributed by atoms with Gasteiger partial charge in [0, 0.05) is 6.42 Å². The fraction of sp³-hybridized carbons (Fsp3) is 0.900. The maximum Gasteiger partial charge on any atom is 0.312 e. The number of aliphatic hydroxyl groups is 2. The lowest BCUT2D eigenvalue weighted by molar-refractivity contribution is -0.235. The van der Waals surface area contributed by atoms with Gasteiger partial charge in [-0.3, -0.25) is 9.59 Å². The number of carbonyl (C=O) groups is 2. The smallest absolute Gasteiger partial charge is 0.312 e.